The van der Waals surface area contributed by atoms with Crippen LogP contribution in [0.25, 0.3) is 11.1 Å². The minimum absolute atomic E-state index is 0.383. The van der Waals surface area contributed by atoms with Crippen molar-refractivity contribution in [1.82, 2.24) is 4.98 Å². The van der Waals surface area contributed by atoms with Gasteiger partial charge in [0.15, 0.2) is 11.5 Å². The van der Waals surface area contributed by atoms with E-state index in [1.807, 2.05) is 6.07 Å². The summed E-state index contributed by atoms with van der Waals surface area (Å²) in [5, 5.41) is 0. The number of aromatic nitrogens is 1. The second kappa shape index (κ2) is 4.99. The van der Waals surface area contributed by atoms with E-state index in [0.29, 0.717) is 22.6 Å². The number of rotatable bonds is 4. The molecule has 0 aliphatic carbocycles. The van der Waals surface area contributed by atoms with Crippen molar-refractivity contribution in [2.24, 2.45) is 0 Å². The highest BCUT2D eigenvalue weighted by Gasteiger charge is 2.15. The van der Waals surface area contributed by atoms with Crippen LogP contribution in [0.2, 0.25) is 0 Å². The molecule has 1 heterocycles. The lowest BCUT2D eigenvalue weighted by Crippen LogP contribution is -2.01. The molecule has 0 aliphatic rings. The largest absolute Gasteiger partial charge is 0.465 e. The van der Waals surface area contributed by atoms with E-state index in [9.17, 15) is 4.79 Å². The molecule has 0 fully saturated rings. The summed E-state index contributed by atoms with van der Waals surface area (Å²) in [4.78, 5) is 15.9. The van der Waals surface area contributed by atoms with Crippen LogP contribution in [0.1, 0.15) is 36.0 Å². The average Bonchev–Trinajstić information content (AvgIpc) is 2.77. The summed E-state index contributed by atoms with van der Waals surface area (Å²) in [7, 11) is 1.36. The van der Waals surface area contributed by atoms with Gasteiger partial charge in [-0.05, 0) is 18.6 Å². The Hall–Kier alpha value is -1.84. The number of benzene rings is 1. The molecule has 4 nitrogen and oxygen atoms in total. The summed E-state index contributed by atoms with van der Waals surface area (Å²) in [5.74, 6) is 0.296. The number of carbonyl (C=O) groups excluding carboxylic acids is 1. The standard InChI is InChI=1S/C13H15NO3/c1-3-4-8-11-14-12-9(13(15)16-2)6-5-7-10(12)17-11/h5-7H,3-4,8H2,1-2H3. The Morgan fingerprint density at radius 1 is 1.47 bits per heavy atom. The third-order valence-electron chi connectivity index (χ3n) is 2.61. The molecule has 0 saturated carbocycles. The van der Waals surface area contributed by atoms with E-state index in [4.69, 9.17) is 9.15 Å². The third-order valence-corrected chi connectivity index (χ3v) is 2.61. The summed E-state index contributed by atoms with van der Waals surface area (Å²) in [5.41, 5.74) is 1.68. The van der Waals surface area contributed by atoms with E-state index in [2.05, 4.69) is 11.9 Å². The van der Waals surface area contributed by atoms with Gasteiger partial charge in [0, 0.05) is 6.42 Å². The zero-order valence-corrected chi connectivity index (χ0v) is 10.0. The predicted octanol–water partition coefficient (Wildman–Crippen LogP) is 2.96. The molecule has 2 aromatic rings. The quantitative estimate of drug-likeness (QED) is 0.762. The first kappa shape index (κ1) is 11.6. The topological polar surface area (TPSA) is 52.3 Å². The van der Waals surface area contributed by atoms with Crippen LogP contribution in [0.3, 0.4) is 0 Å². The van der Waals surface area contributed by atoms with Gasteiger partial charge in [-0.15, -0.1) is 0 Å². The zero-order valence-electron chi connectivity index (χ0n) is 10.0. The SMILES string of the molecule is CCCCc1nc2c(C(=O)OC)cccc2o1. The smallest absolute Gasteiger partial charge is 0.340 e. The highest BCUT2D eigenvalue weighted by Crippen LogP contribution is 2.21. The summed E-state index contributed by atoms with van der Waals surface area (Å²) in [6.07, 6.45) is 2.91. The zero-order chi connectivity index (χ0) is 12.3. The maximum Gasteiger partial charge on any atom is 0.340 e. The lowest BCUT2D eigenvalue weighted by Gasteiger charge is -1.97. The van der Waals surface area contributed by atoms with Crippen molar-refractivity contribution < 1.29 is 13.9 Å². The Bertz CT molecular complexity index is 530. The Morgan fingerprint density at radius 3 is 3.00 bits per heavy atom. The molecule has 1 aromatic heterocycles. The number of carbonyl (C=O) groups is 1. The fraction of sp³-hybridized carbons (Fsp3) is 0.385. The summed E-state index contributed by atoms with van der Waals surface area (Å²) in [6, 6.07) is 5.27. The van der Waals surface area contributed by atoms with Gasteiger partial charge in [-0.3, -0.25) is 0 Å². The summed E-state index contributed by atoms with van der Waals surface area (Å²) in [6.45, 7) is 2.11. The number of hydrogen-bond donors (Lipinski definition) is 0. The van der Waals surface area contributed by atoms with Crippen molar-refractivity contribution in [2.75, 3.05) is 7.11 Å². The van der Waals surface area contributed by atoms with Gasteiger partial charge < -0.3 is 9.15 Å². The van der Waals surface area contributed by atoms with E-state index in [0.717, 1.165) is 19.3 Å². The van der Waals surface area contributed by atoms with Gasteiger partial charge in [0.05, 0.1) is 12.7 Å². The number of hydrogen-bond acceptors (Lipinski definition) is 4. The summed E-state index contributed by atoms with van der Waals surface area (Å²) < 4.78 is 10.3. The van der Waals surface area contributed by atoms with Gasteiger partial charge in [-0.1, -0.05) is 19.4 Å². The van der Waals surface area contributed by atoms with E-state index in [1.165, 1.54) is 7.11 Å². The molecule has 0 aliphatic heterocycles. The number of nitrogens with zero attached hydrogens (tertiary/aromatic N) is 1. The lowest BCUT2D eigenvalue weighted by molar-refractivity contribution is 0.0603. The second-order valence-electron chi connectivity index (χ2n) is 3.86. The minimum Gasteiger partial charge on any atom is -0.465 e. The highest BCUT2D eigenvalue weighted by molar-refractivity contribution is 6.01. The first-order chi connectivity index (χ1) is 8.26. The van der Waals surface area contributed by atoms with Crippen LogP contribution in [0.5, 0.6) is 0 Å². The number of fused-ring (bicyclic) bond motifs is 1. The Balaban J connectivity index is 2.42. The number of oxazole rings is 1. The molecule has 0 N–H and O–H groups in total. The molecule has 17 heavy (non-hydrogen) atoms. The molecule has 0 amide bonds. The Morgan fingerprint density at radius 2 is 2.29 bits per heavy atom. The van der Waals surface area contributed by atoms with Crippen LogP contribution in [-0.4, -0.2) is 18.1 Å². The van der Waals surface area contributed by atoms with E-state index < -0.39 is 0 Å². The van der Waals surface area contributed by atoms with Gasteiger partial charge in [0.1, 0.15) is 5.52 Å². The molecule has 0 saturated heterocycles. The lowest BCUT2D eigenvalue weighted by atomic mass is 10.2. The number of esters is 1. The molecule has 0 bridgehead atoms. The molecule has 4 heteroatoms. The van der Waals surface area contributed by atoms with Crippen LogP contribution < -0.4 is 0 Å². The number of ether oxygens (including phenoxy) is 1. The maximum absolute atomic E-state index is 11.5. The first-order valence-corrected chi connectivity index (χ1v) is 5.73. The minimum atomic E-state index is -0.383. The number of unbranched alkanes of at least 4 members (excludes halogenated alkanes) is 1. The van der Waals surface area contributed by atoms with Crippen molar-refractivity contribution in [3.05, 3.63) is 29.7 Å². The molecule has 0 unspecified atom stereocenters. The molecule has 1 aromatic carbocycles. The average molecular weight is 233 g/mol. The number of aryl methyl sites for hydroxylation is 1. The van der Waals surface area contributed by atoms with Crippen molar-refractivity contribution in [3.63, 3.8) is 0 Å². The van der Waals surface area contributed by atoms with Gasteiger partial charge in [0.2, 0.25) is 0 Å². The van der Waals surface area contributed by atoms with Gasteiger partial charge in [-0.2, -0.15) is 0 Å². The molecular weight excluding hydrogens is 218 g/mol. The van der Waals surface area contributed by atoms with Crippen molar-refractivity contribution in [3.8, 4) is 0 Å². The van der Waals surface area contributed by atoms with Crippen molar-refractivity contribution in [1.29, 1.82) is 0 Å². The molecule has 90 valence electrons. The fourth-order valence-electron chi connectivity index (χ4n) is 1.70. The van der Waals surface area contributed by atoms with Crippen LogP contribution in [0.15, 0.2) is 22.6 Å². The Kier molecular flexibility index (Phi) is 3.42. The third kappa shape index (κ3) is 2.30. The Labute approximate surface area is 99.6 Å². The van der Waals surface area contributed by atoms with Crippen molar-refractivity contribution >= 4 is 17.1 Å². The van der Waals surface area contributed by atoms with Gasteiger partial charge in [-0.25, -0.2) is 9.78 Å². The number of methoxy groups -OCH3 is 1. The molecule has 0 radical (unpaired) electrons. The van der Waals surface area contributed by atoms with Crippen molar-refractivity contribution in [2.45, 2.75) is 26.2 Å². The van der Waals surface area contributed by atoms with Crippen LogP contribution >= 0.6 is 0 Å². The van der Waals surface area contributed by atoms with E-state index in [1.54, 1.807) is 12.1 Å². The molecule has 2 rings (SSSR count). The second-order valence-corrected chi connectivity index (χ2v) is 3.86. The van der Waals surface area contributed by atoms with E-state index >= 15 is 0 Å². The first-order valence-electron chi connectivity index (χ1n) is 5.73. The normalized spacial score (nSPS) is 10.7. The molecule has 0 spiro atoms. The van der Waals surface area contributed by atoms with Crippen LogP contribution in [0, 0.1) is 0 Å². The van der Waals surface area contributed by atoms with Gasteiger partial charge in [0.25, 0.3) is 0 Å². The predicted molar refractivity (Wildman–Crippen MR) is 64.0 cm³/mol. The summed E-state index contributed by atoms with van der Waals surface area (Å²) >= 11 is 0. The fourth-order valence-corrected chi connectivity index (χ4v) is 1.70. The molecule has 0 atom stereocenters. The highest BCUT2D eigenvalue weighted by atomic mass is 16.5. The monoisotopic (exact) mass is 233 g/mol. The maximum atomic E-state index is 11.5. The number of para-hydroxylation sites is 1. The van der Waals surface area contributed by atoms with Crippen LogP contribution in [0.4, 0.5) is 0 Å². The van der Waals surface area contributed by atoms with E-state index in [-0.39, 0.29) is 5.97 Å². The van der Waals surface area contributed by atoms with Crippen LogP contribution in [-0.2, 0) is 11.2 Å². The molecular formula is C13H15NO3. The van der Waals surface area contributed by atoms with Gasteiger partial charge >= 0.3 is 5.97 Å².